The summed E-state index contributed by atoms with van der Waals surface area (Å²) in [7, 11) is 2.07. The highest BCUT2D eigenvalue weighted by Crippen LogP contribution is 2.30. The zero-order chi connectivity index (χ0) is 12.4. The third-order valence-corrected chi connectivity index (χ3v) is 3.24. The van der Waals surface area contributed by atoms with Gasteiger partial charge in [0.05, 0.1) is 0 Å². The Kier molecular flexibility index (Phi) is 3.39. The van der Waals surface area contributed by atoms with Crippen molar-refractivity contribution < 1.29 is 0 Å². The molecular weight excluding hydrogens is 230 g/mol. The molecule has 0 saturated carbocycles. The zero-order valence-electron chi connectivity index (χ0n) is 10.4. The Balaban J connectivity index is 2.47. The van der Waals surface area contributed by atoms with Crippen molar-refractivity contribution in [1.82, 2.24) is 0 Å². The Hall–Kier alpha value is -1.47. The summed E-state index contributed by atoms with van der Waals surface area (Å²) in [4.78, 5) is 2.18. The fourth-order valence-electron chi connectivity index (χ4n) is 2.01. The van der Waals surface area contributed by atoms with Gasteiger partial charge in [-0.3, -0.25) is 0 Å². The van der Waals surface area contributed by atoms with Crippen molar-refractivity contribution in [2.24, 2.45) is 0 Å². The summed E-state index contributed by atoms with van der Waals surface area (Å²) in [5.41, 5.74) is 4.83. The summed E-state index contributed by atoms with van der Waals surface area (Å²) in [6.07, 6.45) is 0. The molecule has 0 aliphatic carbocycles. The Morgan fingerprint density at radius 2 is 1.53 bits per heavy atom. The van der Waals surface area contributed by atoms with E-state index in [1.807, 2.05) is 18.2 Å². The van der Waals surface area contributed by atoms with Crippen LogP contribution in [0.1, 0.15) is 11.1 Å². The van der Waals surface area contributed by atoms with Crippen LogP contribution in [0.15, 0.2) is 42.5 Å². The van der Waals surface area contributed by atoms with Crippen LogP contribution < -0.4 is 4.90 Å². The summed E-state index contributed by atoms with van der Waals surface area (Å²) in [5, 5.41) is 0.769. The minimum Gasteiger partial charge on any atom is -0.344 e. The molecule has 2 rings (SSSR count). The Labute approximate surface area is 108 Å². The van der Waals surface area contributed by atoms with Crippen molar-refractivity contribution in [1.29, 1.82) is 0 Å². The minimum absolute atomic E-state index is 0.769. The van der Waals surface area contributed by atoms with E-state index in [4.69, 9.17) is 11.6 Å². The van der Waals surface area contributed by atoms with Gasteiger partial charge in [0.15, 0.2) is 0 Å². The molecule has 0 spiro atoms. The first-order valence-electron chi connectivity index (χ1n) is 5.65. The predicted molar refractivity (Wildman–Crippen MR) is 75.4 cm³/mol. The molecule has 0 fully saturated rings. The lowest BCUT2D eigenvalue weighted by molar-refractivity contribution is 1.17. The maximum absolute atomic E-state index is 6.06. The molecule has 0 atom stereocenters. The van der Waals surface area contributed by atoms with Gasteiger partial charge in [0.1, 0.15) is 0 Å². The van der Waals surface area contributed by atoms with E-state index in [-0.39, 0.29) is 0 Å². The molecular formula is C15H16ClN. The highest BCUT2D eigenvalue weighted by atomic mass is 35.5. The molecule has 2 aromatic carbocycles. The number of benzene rings is 2. The average molecular weight is 246 g/mol. The Morgan fingerprint density at radius 3 is 2.24 bits per heavy atom. The molecule has 0 aliphatic heterocycles. The van der Waals surface area contributed by atoms with Crippen LogP contribution in [-0.2, 0) is 0 Å². The molecule has 2 aromatic rings. The van der Waals surface area contributed by atoms with Crippen molar-refractivity contribution in [2.75, 3.05) is 11.9 Å². The lowest BCUT2D eigenvalue weighted by Crippen LogP contribution is -2.12. The van der Waals surface area contributed by atoms with E-state index in [2.05, 4.69) is 50.1 Å². The first-order valence-corrected chi connectivity index (χ1v) is 6.03. The molecule has 17 heavy (non-hydrogen) atoms. The van der Waals surface area contributed by atoms with Crippen LogP contribution in [0.4, 0.5) is 11.4 Å². The lowest BCUT2D eigenvalue weighted by atomic mass is 10.1. The molecule has 0 unspecified atom stereocenters. The van der Waals surface area contributed by atoms with Crippen molar-refractivity contribution in [3.63, 3.8) is 0 Å². The molecule has 0 aromatic heterocycles. The van der Waals surface area contributed by atoms with E-state index in [0.29, 0.717) is 0 Å². The summed E-state index contributed by atoms with van der Waals surface area (Å²) in [6, 6.07) is 14.3. The van der Waals surface area contributed by atoms with E-state index >= 15 is 0 Å². The number of hydrogen-bond donors (Lipinski definition) is 0. The second kappa shape index (κ2) is 4.80. The second-order valence-corrected chi connectivity index (χ2v) is 4.71. The quantitative estimate of drug-likeness (QED) is 0.740. The number of halogens is 1. The average Bonchev–Trinajstić information content (AvgIpc) is 2.32. The van der Waals surface area contributed by atoms with Crippen LogP contribution >= 0.6 is 11.6 Å². The van der Waals surface area contributed by atoms with Gasteiger partial charge in [-0.05, 0) is 43.2 Å². The number of para-hydroxylation sites is 1. The maximum Gasteiger partial charge on any atom is 0.0452 e. The molecule has 0 saturated heterocycles. The largest absolute Gasteiger partial charge is 0.344 e. The van der Waals surface area contributed by atoms with Crippen LogP contribution in [0.2, 0.25) is 5.02 Å². The zero-order valence-corrected chi connectivity index (χ0v) is 11.1. The van der Waals surface area contributed by atoms with E-state index in [1.54, 1.807) is 0 Å². The number of nitrogens with zero attached hydrogens (tertiary/aromatic N) is 1. The van der Waals surface area contributed by atoms with Gasteiger partial charge in [-0.2, -0.15) is 0 Å². The van der Waals surface area contributed by atoms with E-state index in [9.17, 15) is 0 Å². The molecule has 0 heterocycles. The number of aryl methyl sites for hydroxylation is 2. The molecule has 0 aliphatic rings. The predicted octanol–water partition coefficient (Wildman–Crippen LogP) is 4.72. The number of rotatable bonds is 2. The summed E-state index contributed by atoms with van der Waals surface area (Å²) in [5.74, 6) is 0. The first-order chi connectivity index (χ1) is 8.09. The molecule has 88 valence electrons. The van der Waals surface area contributed by atoms with E-state index in [0.717, 1.165) is 10.7 Å². The van der Waals surface area contributed by atoms with Crippen LogP contribution in [0, 0.1) is 13.8 Å². The first kappa shape index (κ1) is 12.0. The molecule has 0 amide bonds. The summed E-state index contributed by atoms with van der Waals surface area (Å²) < 4.78 is 0. The van der Waals surface area contributed by atoms with Crippen LogP contribution in [0.25, 0.3) is 0 Å². The van der Waals surface area contributed by atoms with Crippen molar-refractivity contribution >= 4 is 23.0 Å². The van der Waals surface area contributed by atoms with Gasteiger partial charge in [0, 0.05) is 23.4 Å². The Bertz CT molecular complexity index is 534. The van der Waals surface area contributed by atoms with Crippen molar-refractivity contribution in [3.05, 3.63) is 58.6 Å². The highest BCUT2D eigenvalue weighted by Gasteiger charge is 2.09. The molecule has 0 N–H and O–H groups in total. The molecule has 0 radical (unpaired) electrons. The maximum atomic E-state index is 6.06. The van der Waals surface area contributed by atoms with E-state index in [1.165, 1.54) is 16.8 Å². The smallest absolute Gasteiger partial charge is 0.0452 e. The van der Waals surface area contributed by atoms with Gasteiger partial charge < -0.3 is 4.90 Å². The van der Waals surface area contributed by atoms with Crippen LogP contribution in [0.5, 0.6) is 0 Å². The van der Waals surface area contributed by atoms with Gasteiger partial charge in [-0.25, -0.2) is 0 Å². The van der Waals surface area contributed by atoms with Crippen molar-refractivity contribution in [3.8, 4) is 0 Å². The van der Waals surface area contributed by atoms with Gasteiger partial charge in [0.2, 0.25) is 0 Å². The van der Waals surface area contributed by atoms with Gasteiger partial charge >= 0.3 is 0 Å². The monoisotopic (exact) mass is 245 g/mol. The van der Waals surface area contributed by atoms with Crippen LogP contribution in [0.3, 0.4) is 0 Å². The van der Waals surface area contributed by atoms with Gasteiger partial charge in [-0.15, -0.1) is 0 Å². The third kappa shape index (κ3) is 2.45. The molecule has 2 heteroatoms. The minimum atomic E-state index is 0.769. The topological polar surface area (TPSA) is 3.24 Å². The fraction of sp³-hybridized carbons (Fsp3) is 0.200. The van der Waals surface area contributed by atoms with Crippen LogP contribution in [-0.4, -0.2) is 7.05 Å². The molecule has 0 bridgehead atoms. The van der Waals surface area contributed by atoms with E-state index < -0.39 is 0 Å². The summed E-state index contributed by atoms with van der Waals surface area (Å²) in [6.45, 7) is 4.21. The molecule has 1 nitrogen and oxygen atoms in total. The number of anilines is 2. The SMILES string of the molecule is Cc1ccccc1N(C)c1cc(Cl)ccc1C. The normalized spacial score (nSPS) is 10.4. The fourth-order valence-corrected chi connectivity index (χ4v) is 2.18. The lowest BCUT2D eigenvalue weighted by Gasteiger charge is -2.23. The Morgan fingerprint density at radius 1 is 0.882 bits per heavy atom. The highest BCUT2D eigenvalue weighted by molar-refractivity contribution is 6.30. The second-order valence-electron chi connectivity index (χ2n) is 4.28. The number of hydrogen-bond acceptors (Lipinski definition) is 1. The van der Waals surface area contributed by atoms with Gasteiger partial charge in [0.25, 0.3) is 0 Å². The third-order valence-electron chi connectivity index (χ3n) is 3.01. The van der Waals surface area contributed by atoms with Crippen molar-refractivity contribution in [2.45, 2.75) is 13.8 Å². The standard InChI is InChI=1S/C15H16ClN/c1-11-6-4-5-7-14(11)17(3)15-10-13(16)9-8-12(15)2/h4-10H,1-3H3. The van der Waals surface area contributed by atoms with Gasteiger partial charge in [-0.1, -0.05) is 35.9 Å². The summed E-state index contributed by atoms with van der Waals surface area (Å²) >= 11 is 6.06.